The monoisotopic (exact) mass is 280 g/mol. The van der Waals surface area contributed by atoms with Crippen molar-refractivity contribution in [2.45, 2.75) is 45.5 Å². The van der Waals surface area contributed by atoms with Crippen LogP contribution in [-0.2, 0) is 12.9 Å². The first kappa shape index (κ1) is 13.0. The molecule has 0 aliphatic heterocycles. The number of halogens is 1. The summed E-state index contributed by atoms with van der Waals surface area (Å²) < 4.78 is 4.29. The van der Waals surface area contributed by atoms with Gasteiger partial charge in [-0.15, -0.1) is 11.6 Å². The van der Waals surface area contributed by atoms with Gasteiger partial charge in [-0.05, 0) is 31.6 Å². The van der Waals surface area contributed by atoms with E-state index in [1.165, 1.54) is 12.8 Å². The molecule has 1 saturated carbocycles. The van der Waals surface area contributed by atoms with Gasteiger partial charge in [-0.1, -0.05) is 13.8 Å². The van der Waals surface area contributed by atoms with Crippen LogP contribution < -0.4 is 0 Å². The van der Waals surface area contributed by atoms with Crippen LogP contribution in [0.15, 0.2) is 0 Å². The van der Waals surface area contributed by atoms with E-state index < -0.39 is 0 Å². The van der Waals surface area contributed by atoms with Gasteiger partial charge in [0.25, 0.3) is 0 Å². The van der Waals surface area contributed by atoms with E-state index in [4.69, 9.17) is 16.6 Å². The Morgan fingerprint density at radius 1 is 1.32 bits per heavy atom. The fourth-order valence-corrected chi connectivity index (χ4v) is 3.68. The molecule has 1 fully saturated rings. The van der Waals surface area contributed by atoms with Crippen molar-refractivity contribution in [1.82, 2.24) is 19.3 Å². The molecule has 0 radical (unpaired) electrons. The van der Waals surface area contributed by atoms with Crippen LogP contribution in [0.25, 0.3) is 11.2 Å². The van der Waals surface area contributed by atoms with Crippen molar-refractivity contribution in [1.29, 1.82) is 0 Å². The average Bonchev–Trinajstić information content (AvgIpc) is 2.98. The lowest BCUT2D eigenvalue weighted by atomic mass is 9.97. The van der Waals surface area contributed by atoms with E-state index >= 15 is 0 Å². The fourth-order valence-electron chi connectivity index (χ4n) is 3.49. The molecule has 0 saturated heterocycles. The van der Waals surface area contributed by atoms with Gasteiger partial charge in [0.05, 0.1) is 11.6 Å². The number of rotatable bonds is 2. The van der Waals surface area contributed by atoms with Crippen molar-refractivity contribution in [2.75, 3.05) is 0 Å². The second-order valence-corrected chi connectivity index (χ2v) is 6.16. The Kier molecular flexibility index (Phi) is 3.08. The first-order valence-electron chi connectivity index (χ1n) is 7.01. The predicted octanol–water partition coefficient (Wildman–Crippen LogP) is 3.42. The van der Waals surface area contributed by atoms with Gasteiger partial charge in [-0.3, -0.25) is 4.68 Å². The van der Waals surface area contributed by atoms with Crippen molar-refractivity contribution in [2.24, 2.45) is 18.9 Å². The first-order valence-corrected chi connectivity index (χ1v) is 7.54. The highest BCUT2D eigenvalue weighted by Crippen LogP contribution is 2.42. The molecule has 4 nitrogen and oxygen atoms in total. The number of hydrogen-bond acceptors (Lipinski definition) is 2. The lowest BCUT2D eigenvalue weighted by molar-refractivity contribution is 0.351. The molecule has 3 atom stereocenters. The first-order chi connectivity index (χ1) is 9.04. The van der Waals surface area contributed by atoms with Crippen LogP contribution in [0.5, 0.6) is 0 Å². The lowest BCUT2D eigenvalue weighted by Crippen LogP contribution is -2.18. The largest absolute Gasteiger partial charge is 0.308 e. The summed E-state index contributed by atoms with van der Waals surface area (Å²) in [7, 11) is 1.99. The van der Waals surface area contributed by atoms with Crippen LogP contribution in [-0.4, -0.2) is 19.3 Å². The van der Waals surface area contributed by atoms with Crippen molar-refractivity contribution in [3.05, 3.63) is 11.5 Å². The Labute approximate surface area is 118 Å². The number of fused-ring (bicyclic) bond motifs is 1. The van der Waals surface area contributed by atoms with Gasteiger partial charge in [-0.25, -0.2) is 4.98 Å². The molecule has 0 aromatic carbocycles. The summed E-state index contributed by atoms with van der Waals surface area (Å²) in [5.74, 6) is 2.87. The molecule has 0 bridgehead atoms. The van der Waals surface area contributed by atoms with Crippen LogP contribution in [0, 0.1) is 18.8 Å². The van der Waals surface area contributed by atoms with Gasteiger partial charge in [0, 0.05) is 13.1 Å². The van der Waals surface area contributed by atoms with E-state index in [9.17, 15) is 0 Å². The van der Waals surface area contributed by atoms with Crippen LogP contribution in [0.2, 0.25) is 0 Å². The quantitative estimate of drug-likeness (QED) is 0.790. The number of alkyl halides is 1. The Bertz CT molecular complexity index is 613. The normalized spacial score (nSPS) is 27.5. The van der Waals surface area contributed by atoms with Crippen LogP contribution in [0.3, 0.4) is 0 Å². The third kappa shape index (κ3) is 1.80. The van der Waals surface area contributed by atoms with Gasteiger partial charge >= 0.3 is 0 Å². The summed E-state index contributed by atoms with van der Waals surface area (Å²) in [5, 5.41) is 4.49. The van der Waals surface area contributed by atoms with Crippen molar-refractivity contribution in [3.63, 3.8) is 0 Å². The molecule has 104 valence electrons. The Balaban J connectivity index is 2.21. The summed E-state index contributed by atoms with van der Waals surface area (Å²) in [5.41, 5.74) is 3.12. The molecular formula is C14H21ClN4. The zero-order chi connectivity index (χ0) is 13.7. The maximum atomic E-state index is 6.11. The lowest BCUT2D eigenvalue weighted by Gasteiger charge is -2.22. The number of aryl methyl sites for hydroxylation is 2. The Morgan fingerprint density at radius 2 is 2.05 bits per heavy atom. The highest BCUT2D eigenvalue weighted by atomic mass is 35.5. The number of nitrogens with zero attached hydrogens (tertiary/aromatic N) is 4. The van der Waals surface area contributed by atoms with Gasteiger partial charge in [-0.2, -0.15) is 5.10 Å². The van der Waals surface area contributed by atoms with E-state index in [1.54, 1.807) is 0 Å². The van der Waals surface area contributed by atoms with Crippen molar-refractivity contribution < 1.29 is 0 Å². The summed E-state index contributed by atoms with van der Waals surface area (Å²) in [6, 6.07) is 0.503. The van der Waals surface area contributed by atoms with Gasteiger partial charge in [0.2, 0.25) is 0 Å². The zero-order valence-electron chi connectivity index (χ0n) is 12.0. The molecule has 1 aliphatic rings. The number of aromatic nitrogens is 4. The van der Waals surface area contributed by atoms with Crippen LogP contribution in [0.4, 0.5) is 0 Å². The van der Waals surface area contributed by atoms with E-state index in [2.05, 4.69) is 23.5 Å². The predicted molar refractivity (Wildman–Crippen MR) is 77.4 cm³/mol. The Morgan fingerprint density at radius 3 is 2.63 bits per heavy atom. The molecule has 0 N–H and O–H groups in total. The maximum absolute atomic E-state index is 6.11. The second-order valence-electron chi connectivity index (χ2n) is 5.89. The fraction of sp³-hybridized carbons (Fsp3) is 0.714. The van der Waals surface area contributed by atoms with Crippen molar-refractivity contribution in [3.8, 4) is 0 Å². The smallest absolute Gasteiger partial charge is 0.158 e. The highest BCUT2D eigenvalue weighted by molar-refractivity contribution is 6.16. The van der Waals surface area contributed by atoms with E-state index in [0.29, 0.717) is 17.8 Å². The van der Waals surface area contributed by atoms with Crippen molar-refractivity contribution >= 4 is 22.8 Å². The minimum atomic E-state index is 0.464. The molecule has 3 unspecified atom stereocenters. The molecule has 2 aromatic rings. The summed E-state index contributed by atoms with van der Waals surface area (Å²) in [4.78, 5) is 4.70. The highest BCUT2D eigenvalue weighted by Gasteiger charge is 2.34. The standard InChI is InChI=1S/C14H21ClN4/c1-8-5-6-11(9(8)2)19-12(7-15)16-13-10(3)17-18(4)14(13)19/h8-9,11H,5-7H2,1-4H3. The second kappa shape index (κ2) is 4.51. The summed E-state index contributed by atoms with van der Waals surface area (Å²) in [6.07, 6.45) is 2.49. The third-order valence-electron chi connectivity index (χ3n) is 4.78. The molecule has 5 heteroatoms. The minimum absolute atomic E-state index is 0.464. The minimum Gasteiger partial charge on any atom is -0.308 e. The van der Waals surface area contributed by atoms with Crippen LogP contribution >= 0.6 is 11.6 Å². The summed E-state index contributed by atoms with van der Waals surface area (Å²) in [6.45, 7) is 6.70. The number of hydrogen-bond donors (Lipinski definition) is 0. The number of imidazole rings is 1. The molecule has 2 aromatic heterocycles. The molecule has 19 heavy (non-hydrogen) atoms. The molecule has 1 aliphatic carbocycles. The summed E-state index contributed by atoms with van der Waals surface area (Å²) >= 11 is 6.11. The third-order valence-corrected chi connectivity index (χ3v) is 5.02. The topological polar surface area (TPSA) is 35.6 Å². The SMILES string of the molecule is Cc1nn(C)c2c1nc(CCl)n2C1CCC(C)C1C. The maximum Gasteiger partial charge on any atom is 0.158 e. The van der Waals surface area contributed by atoms with Gasteiger partial charge in [0.1, 0.15) is 11.3 Å². The molecule has 3 rings (SSSR count). The van der Waals surface area contributed by atoms with E-state index in [0.717, 1.165) is 28.6 Å². The van der Waals surface area contributed by atoms with E-state index in [1.807, 2.05) is 18.7 Å². The average molecular weight is 281 g/mol. The molecule has 0 spiro atoms. The van der Waals surface area contributed by atoms with Crippen LogP contribution in [0.1, 0.15) is 44.2 Å². The van der Waals surface area contributed by atoms with Gasteiger partial charge in [0.15, 0.2) is 5.65 Å². The molecule has 0 amide bonds. The molecule has 2 heterocycles. The zero-order valence-corrected chi connectivity index (χ0v) is 12.8. The molecular weight excluding hydrogens is 260 g/mol. The van der Waals surface area contributed by atoms with Gasteiger partial charge < -0.3 is 4.57 Å². The Hall–Kier alpha value is -1.03. The van der Waals surface area contributed by atoms with E-state index in [-0.39, 0.29) is 0 Å².